The van der Waals surface area contributed by atoms with Crippen molar-refractivity contribution in [3.63, 3.8) is 0 Å². The van der Waals surface area contributed by atoms with E-state index in [1.807, 2.05) is 0 Å². The highest BCUT2D eigenvalue weighted by Gasteiger charge is 2.60. The van der Waals surface area contributed by atoms with E-state index in [1.165, 1.54) is 109 Å². The minimum atomic E-state index is -2.21. The van der Waals surface area contributed by atoms with Crippen molar-refractivity contribution in [3.8, 4) is 0 Å². The topological polar surface area (TPSA) is 312 Å². The standard InChI is InChI=1S/C88H74O25/c89-77(56-33-13-2-14-34-56)100-53-67-69(106-79(91)58-37-17-4-18-38-58)72(108-81(93)60-41-21-6-22-42-60)76(112-85(97)64-49-29-10-30-50-64)88(104-67)113-70-65(52-99-51-55-31-11-1-12-32-55)103-87(75(111-84(96)63-47-27-9-28-48-63)73(70)109-82(94)61-43-23-7-24-44-61)101-54-66-68(105-78(90)57-35-15-3-16-36-57)71(107-80(92)59-39-19-5-20-40-59)74(86(98)102-66)110-83(95)62-45-25-8-26-46-62/h1-50,65-76,86-88,98H,51-54H2/t65-,66-,67-,68+,69-,70+,71+,72+,73+,74-,75-,76+,86-,87-,88-/m1/s1. The van der Waals surface area contributed by atoms with E-state index in [1.54, 1.807) is 194 Å². The lowest BCUT2D eigenvalue weighted by Crippen LogP contribution is -2.67. The Morgan fingerprint density at radius 2 is 0.496 bits per heavy atom. The van der Waals surface area contributed by atoms with E-state index in [0.717, 1.165) is 0 Å². The molecule has 113 heavy (non-hydrogen) atoms. The average Bonchev–Trinajstić information content (AvgIpc) is 0.766. The number of benzene rings is 10. The van der Waals surface area contributed by atoms with Crippen molar-refractivity contribution in [2.24, 2.45) is 0 Å². The van der Waals surface area contributed by atoms with Gasteiger partial charge in [-0.15, -0.1) is 0 Å². The van der Waals surface area contributed by atoms with Crippen LogP contribution in [0, 0.1) is 0 Å². The minimum absolute atomic E-state index is 0.000279. The molecule has 25 heteroatoms. The molecule has 3 aliphatic heterocycles. The second-order valence-electron chi connectivity index (χ2n) is 25.9. The zero-order valence-corrected chi connectivity index (χ0v) is 60.1. The van der Waals surface area contributed by atoms with Gasteiger partial charge >= 0.3 is 53.7 Å². The summed E-state index contributed by atoms with van der Waals surface area (Å²) >= 11 is 0. The molecule has 0 unspecified atom stereocenters. The third-order valence-electron chi connectivity index (χ3n) is 18.3. The minimum Gasteiger partial charge on any atom is -0.459 e. The molecule has 0 aromatic heterocycles. The first-order chi connectivity index (χ1) is 55.2. The van der Waals surface area contributed by atoms with Crippen LogP contribution in [0.25, 0.3) is 0 Å². The third-order valence-corrected chi connectivity index (χ3v) is 18.3. The molecule has 0 bridgehead atoms. The summed E-state index contributed by atoms with van der Waals surface area (Å²) in [7, 11) is 0. The Morgan fingerprint density at radius 1 is 0.248 bits per heavy atom. The maximum absolute atomic E-state index is 15.3. The lowest BCUT2D eigenvalue weighted by molar-refractivity contribution is -0.361. The van der Waals surface area contributed by atoms with Crippen LogP contribution in [-0.2, 0) is 77.7 Å². The average molecular weight is 1530 g/mol. The van der Waals surface area contributed by atoms with Crippen LogP contribution < -0.4 is 0 Å². The quantitative estimate of drug-likeness (QED) is 0.0352. The molecular formula is C88H74O25. The Labute approximate surface area is 647 Å². The number of hydrogen-bond donors (Lipinski definition) is 1. The third kappa shape index (κ3) is 20.2. The molecule has 3 aliphatic rings. The second kappa shape index (κ2) is 38.2. The Morgan fingerprint density at radius 3 is 0.841 bits per heavy atom. The lowest BCUT2D eigenvalue weighted by Gasteiger charge is -2.49. The van der Waals surface area contributed by atoms with Gasteiger partial charge in [0.25, 0.3) is 0 Å². The summed E-state index contributed by atoms with van der Waals surface area (Å²) in [5.74, 6) is -9.24. The normalized spacial score (nSPS) is 23.1. The van der Waals surface area contributed by atoms with Gasteiger partial charge in [-0.2, -0.15) is 0 Å². The Kier molecular flexibility index (Phi) is 26.5. The molecule has 1 N–H and O–H groups in total. The molecule has 576 valence electrons. The number of ether oxygens (including phenoxy) is 15. The number of carbonyl (C=O) groups is 9. The number of aliphatic hydroxyl groups is 1. The Bertz CT molecular complexity index is 4810. The van der Waals surface area contributed by atoms with E-state index in [9.17, 15) is 33.9 Å². The lowest BCUT2D eigenvalue weighted by atomic mass is 9.95. The summed E-state index contributed by atoms with van der Waals surface area (Å²) in [4.78, 5) is 132. The number of carbonyl (C=O) groups excluding carboxylic acids is 9. The molecule has 0 amide bonds. The van der Waals surface area contributed by atoms with Crippen LogP contribution in [0.15, 0.2) is 303 Å². The fraction of sp³-hybridized carbons (Fsp3) is 0.216. The molecule has 0 aliphatic carbocycles. The predicted molar refractivity (Wildman–Crippen MR) is 397 cm³/mol. The van der Waals surface area contributed by atoms with Crippen molar-refractivity contribution in [3.05, 3.63) is 359 Å². The summed E-state index contributed by atoms with van der Waals surface area (Å²) < 4.78 is 97.6. The molecule has 13 rings (SSSR count). The van der Waals surface area contributed by atoms with Gasteiger partial charge in [-0.05, 0) is 115 Å². The molecule has 25 nitrogen and oxygen atoms in total. The maximum atomic E-state index is 15.3. The van der Waals surface area contributed by atoms with Gasteiger partial charge in [0.15, 0.2) is 67.7 Å². The van der Waals surface area contributed by atoms with Gasteiger partial charge in [-0.1, -0.05) is 194 Å². The molecule has 3 saturated heterocycles. The molecule has 10 aromatic carbocycles. The first kappa shape index (κ1) is 78.3. The van der Waals surface area contributed by atoms with Gasteiger partial charge in [0.05, 0.1) is 69.9 Å². The highest BCUT2D eigenvalue weighted by molar-refractivity contribution is 5.94. The van der Waals surface area contributed by atoms with Crippen molar-refractivity contribution in [1.29, 1.82) is 0 Å². The number of hydrogen-bond acceptors (Lipinski definition) is 25. The van der Waals surface area contributed by atoms with E-state index in [2.05, 4.69) is 0 Å². The highest BCUT2D eigenvalue weighted by Crippen LogP contribution is 2.39. The fourth-order valence-corrected chi connectivity index (χ4v) is 12.7. The zero-order chi connectivity index (χ0) is 78.4. The number of esters is 9. The Hall–Kier alpha value is -12.9. The monoisotopic (exact) mass is 1530 g/mol. The second-order valence-corrected chi connectivity index (χ2v) is 25.9. The van der Waals surface area contributed by atoms with Crippen molar-refractivity contribution in [2.75, 3.05) is 19.8 Å². The molecular weight excluding hydrogens is 1460 g/mol. The van der Waals surface area contributed by atoms with Crippen LogP contribution in [0.2, 0.25) is 0 Å². The molecule has 3 fully saturated rings. The SMILES string of the molecule is O=C(OC[C@H]1O[C@H](O[C@@H]2[C@H](OC(=O)c3ccccc3)[C@@H](OC(=O)c3ccccc3)[C@H](OC[C@H]3O[C@@H](O)[C@H](OC(=O)c4ccccc4)[C@@H](OC(=O)c4ccccc4)[C@H]3OC(=O)c3ccccc3)O[C@@H]2COCc2ccccc2)[C@@H](OC(=O)c2ccccc2)[C@@H](OC(=O)c2ccccc2)[C@@H]1OC(=O)c1ccccc1)c1ccccc1. The summed E-state index contributed by atoms with van der Waals surface area (Å²) in [6.45, 7) is -2.44. The largest absolute Gasteiger partial charge is 0.459 e. The van der Waals surface area contributed by atoms with Crippen LogP contribution in [-0.4, -0.2) is 171 Å². The van der Waals surface area contributed by atoms with E-state index < -0.39 is 166 Å². The highest BCUT2D eigenvalue weighted by atomic mass is 16.8. The van der Waals surface area contributed by atoms with Crippen LogP contribution >= 0.6 is 0 Å². The Balaban J connectivity index is 0.951. The van der Waals surface area contributed by atoms with Crippen molar-refractivity contribution >= 4 is 53.7 Å². The van der Waals surface area contributed by atoms with Crippen LogP contribution in [0.3, 0.4) is 0 Å². The van der Waals surface area contributed by atoms with Gasteiger partial charge in [0.2, 0.25) is 0 Å². The zero-order valence-electron chi connectivity index (χ0n) is 60.1. The van der Waals surface area contributed by atoms with Gasteiger partial charge in [-0.25, -0.2) is 43.2 Å². The number of aliphatic hydroxyl groups excluding tert-OH is 1. The first-order valence-electron chi connectivity index (χ1n) is 36.0. The molecule has 3 heterocycles. The molecule has 0 saturated carbocycles. The van der Waals surface area contributed by atoms with Gasteiger partial charge in [0, 0.05) is 0 Å². The summed E-state index contributed by atoms with van der Waals surface area (Å²) in [5, 5.41) is 12.3. The van der Waals surface area contributed by atoms with E-state index >= 15 is 14.4 Å². The van der Waals surface area contributed by atoms with Crippen LogP contribution in [0.4, 0.5) is 0 Å². The summed E-state index contributed by atoms with van der Waals surface area (Å²) in [5.41, 5.74) is 0.503. The van der Waals surface area contributed by atoms with Gasteiger partial charge in [-0.3, -0.25) is 0 Å². The summed E-state index contributed by atoms with van der Waals surface area (Å²) in [6.07, 6.45) is -29.5. The van der Waals surface area contributed by atoms with Crippen LogP contribution in [0.5, 0.6) is 0 Å². The predicted octanol–water partition coefficient (Wildman–Crippen LogP) is 11.4. The first-order valence-corrected chi connectivity index (χ1v) is 36.0. The van der Waals surface area contributed by atoms with Gasteiger partial charge in [0.1, 0.15) is 31.0 Å². The molecule has 15 atom stereocenters. The maximum Gasteiger partial charge on any atom is 0.338 e. The van der Waals surface area contributed by atoms with Gasteiger partial charge < -0.3 is 76.2 Å². The van der Waals surface area contributed by atoms with Crippen LogP contribution in [0.1, 0.15) is 98.8 Å². The van der Waals surface area contributed by atoms with E-state index in [4.69, 9.17) is 71.1 Å². The summed E-state index contributed by atoms with van der Waals surface area (Å²) in [6, 6.07) is 77.7. The molecule has 0 spiro atoms. The van der Waals surface area contributed by atoms with Crippen molar-refractivity contribution in [1.82, 2.24) is 0 Å². The van der Waals surface area contributed by atoms with E-state index in [0.29, 0.717) is 5.56 Å². The van der Waals surface area contributed by atoms with E-state index in [-0.39, 0.29) is 56.7 Å². The molecule has 0 radical (unpaired) electrons. The van der Waals surface area contributed by atoms with Crippen molar-refractivity contribution in [2.45, 2.75) is 98.7 Å². The van der Waals surface area contributed by atoms with Crippen molar-refractivity contribution < 1.29 is 119 Å². The molecule has 10 aromatic rings. The number of rotatable bonds is 28. The fourth-order valence-electron chi connectivity index (χ4n) is 12.7. The smallest absolute Gasteiger partial charge is 0.338 e.